The maximum Gasteiger partial charge on any atom is 0.138 e. The minimum Gasteiger partial charge on any atom is -0.486 e. The van der Waals surface area contributed by atoms with Crippen LogP contribution in [0.2, 0.25) is 5.02 Å². The molecule has 0 spiro atoms. The molecule has 0 radical (unpaired) electrons. The van der Waals surface area contributed by atoms with E-state index in [0.717, 1.165) is 11.3 Å². The van der Waals surface area contributed by atoms with Crippen LogP contribution < -0.4 is 4.74 Å². The number of hydrogen-bond acceptors (Lipinski definition) is 3. The van der Waals surface area contributed by atoms with E-state index < -0.39 is 6.10 Å². The number of aliphatic hydroxyl groups is 1. The Morgan fingerprint density at radius 1 is 1.50 bits per heavy atom. The number of aromatic nitrogens is 2. The summed E-state index contributed by atoms with van der Waals surface area (Å²) in [6, 6.07) is 5.94. The standard InChI is InChI=1S/C15H17ClN2O2/c1-10(19)11-2-5-15(14(16)6-11)20-8-13-7-17-9-18(13)12-3-4-12/h2,5-7,9-10,12,19H,3-4,8H2,1H3/t10-/m1/s1. The molecule has 1 aliphatic rings. The fraction of sp³-hybridized carbons (Fsp3) is 0.400. The molecule has 1 aliphatic carbocycles. The van der Waals surface area contributed by atoms with Gasteiger partial charge in [-0.15, -0.1) is 0 Å². The molecule has 0 amide bonds. The van der Waals surface area contributed by atoms with Crippen LogP contribution in [0.5, 0.6) is 5.75 Å². The summed E-state index contributed by atoms with van der Waals surface area (Å²) < 4.78 is 7.92. The zero-order valence-corrected chi connectivity index (χ0v) is 12.0. The highest BCUT2D eigenvalue weighted by molar-refractivity contribution is 6.32. The molecule has 0 saturated heterocycles. The van der Waals surface area contributed by atoms with Gasteiger partial charge in [-0.1, -0.05) is 17.7 Å². The predicted molar refractivity (Wildman–Crippen MR) is 76.9 cm³/mol. The predicted octanol–water partition coefficient (Wildman–Crippen LogP) is 3.50. The second-order valence-corrected chi connectivity index (χ2v) is 5.59. The lowest BCUT2D eigenvalue weighted by Gasteiger charge is -2.12. The molecule has 1 N–H and O–H groups in total. The Hall–Kier alpha value is -1.52. The summed E-state index contributed by atoms with van der Waals surface area (Å²) in [5.41, 5.74) is 1.84. The monoisotopic (exact) mass is 292 g/mol. The first kappa shape index (κ1) is 13.5. The fourth-order valence-corrected chi connectivity index (χ4v) is 2.41. The van der Waals surface area contributed by atoms with E-state index in [0.29, 0.717) is 23.4 Å². The second-order valence-electron chi connectivity index (χ2n) is 5.18. The van der Waals surface area contributed by atoms with Crippen LogP contribution in [0.3, 0.4) is 0 Å². The third kappa shape index (κ3) is 2.81. The normalized spacial score (nSPS) is 16.1. The van der Waals surface area contributed by atoms with E-state index in [1.165, 1.54) is 12.8 Å². The SMILES string of the molecule is C[C@@H](O)c1ccc(OCc2cncn2C2CC2)c(Cl)c1. The van der Waals surface area contributed by atoms with Gasteiger partial charge in [-0.25, -0.2) is 4.98 Å². The number of hydrogen-bond donors (Lipinski definition) is 1. The molecule has 1 atom stereocenters. The Kier molecular flexibility index (Phi) is 3.68. The van der Waals surface area contributed by atoms with E-state index in [9.17, 15) is 5.11 Å². The Bertz CT molecular complexity index is 606. The molecule has 5 heteroatoms. The van der Waals surface area contributed by atoms with Gasteiger partial charge in [0.2, 0.25) is 0 Å². The summed E-state index contributed by atoms with van der Waals surface area (Å²) in [4.78, 5) is 4.17. The number of aliphatic hydroxyl groups excluding tert-OH is 1. The van der Waals surface area contributed by atoms with Crippen LogP contribution in [0.1, 0.15) is 43.2 Å². The van der Waals surface area contributed by atoms with Crippen LogP contribution >= 0.6 is 11.6 Å². The lowest BCUT2D eigenvalue weighted by Crippen LogP contribution is -2.04. The van der Waals surface area contributed by atoms with Crippen molar-refractivity contribution in [1.29, 1.82) is 0 Å². The molecule has 0 bridgehead atoms. The van der Waals surface area contributed by atoms with E-state index in [2.05, 4.69) is 9.55 Å². The van der Waals surface area contributed by atoms with Gasteiger partial charge in [0.05, 0.1) is 29.3 Å². The first-order valence-electron chi connectivity index (χ1n) is 6.76. The van der Waals surface area contributed by atoms with Crippen LogP contribution in [0.25, 0.3) is 0 Å². The van der Waals surface area contributed by atoms with E-state index in [-0.39, 0.29) is 0 Å². The highest BCUT2D eigenvalue weighted by Crippen LogP contribution is 2.36. The number of imidazole rings is 1. The Morgan fingerprint density at radius 3 is 2.95 bits per heavy atom. The van der Waals surface area contributed by atoms with Crippen molar-refractivity contribution in [2.24, 2.45) is 0 Å². The van der Waals surface area contributed by atoms with Crippen LogP contribution in [0.15, 0.2) is 30.7 Å². The van der Waals surface area contributed by atoms with Gasteiger partial charge in [0.25, 0.3) is 0 Å². The molecular weight excluding hydrogens is 276 g/mol. The van der Waals surface area contributed by atoms with Gasteiger partial charge in [-0.05, 0) is 37.5 Å². The molecule has 1 aromatic heterocycles. The van der Waals surface area contributed by atoms with Crippen molar-refractivity contribution in [1.82, 2.24) is 9.55 Å². The summed E-state index contributed by atoms with van der Waals surface area (Å²) in [6.07, 6.45) is 5.59. The molecule has 0 aliphatic heterocycles. The molecule has 1 aromatic carbocycles. The number of ether oxygens (including phenoxy) is 1. The van der Waals surface area contributed by atoms with Crippen LogP contribution in [0.4, 0.5) is 0 Å². The van der Waals surface area contributed by atoms with Gasteiger partial charge in [-0.2, -0.15) is 0 Å². The lowest BCUT2D eigenvalue weighted by atomic mass is 10.1. The van der Waals surface area contributed by atoms with Crippen molar-refractivity contribution < 1.29 is 9.84 Å². The van der Waals surface area contributed by atoms with E-state index >= 15 is 0 Å². The van der Waals surface area contributed by atoms with Crippen molar-refractivity contribution in [3.05, 3.63) is 47.0 Å². The summed E-state index contributed by atoms with van der Waals surface area (Å²) >= 11 is 6.17. The van der Waals surface area contributed by atoms with Crippen LogP contribution in [0, 0.1) is 0 Å². The molecule has 4 nitrogen and oxygen atoms in total. The van der Waals surface area contributed by atoms with E-state index in [1.807, 2.05) is 18.6 Å². The zero-order chi connectivity index (χ0) is 14.1. The average molecular weight is 293 g/mol. The maximum absolute atomic E-state index is 9.51. The molecule has 1 saturated carbocycles. The van der Waals surface area contributed by atoms with Gasteiger partial charge >= 0.3 is 0 Å². The molecule has 20 heavy (non-hydrogen) atoms. The Morgan fingerprint density at radius 2 is 2.30 bits per heavy atom. The molecule has 1 heterocycles. The third-order valence-electron chi connectivity index (χ3n) is 3.50. The first-order chi connectivity index (χ1) is 9.65. The van der Waals surface area contributed by atoms with Crippen molar-refractivity contribution >= 4 is 11.6 Å². The summed E-state index contributed by atoms with van der Waals surface area (Å²) in [7, 11) is 0. The molecule has 106 valence electrons. The summed E-state index contributed by atoms with van der Waals surface area (Å²) in [5, 5.41) is 10.0. The van der Waals surface area contributed by atoms with Crippen molar-refractivity contribution in [3.63, 3.8) is 0 Å². The third-order valence-corrected chi connectivity index (χ3v) is 3.80. The van der Waals surface area contributed by atoms with Crippen molar-refractivity contribution in [2.75, 3.05) is 0 Å². The minimum atomic E-state index is -0.530. The van der Waals surface area contributed by atoms with Gasteiger partial charge in [0, 0.05) is 6.04 Å². The second kappa shape index (κ2) is 5.46. The van der Waals surface area contributed by atoms with E-state index in [4.69, 9.17) is 16.3 Å². The number of nitrogens with zero attached hydrogens (tertiary/aromatic N) is 2. The summed E-state index contributed by atoms with van der Waals surface area (Å²) in [5.74, 6) is 0.625. The Balaban J connectivity index is 1.70. The minimum absolute atomic E-state index is 0.449. The van der Waals surface area contributed by atoms with Gasteiger partial charge < -0.3 is 14.4 Å². The zero-order valence-electron chi connectivity index (χ0n) is 11.3. The molecule has 2 aromatic rings. The largest absolute Gasteiger partial charge is 0.486 e. The average Bonchev–Trinajstić information content (AvgIpc) is 3.16. The first-order valence-corrected chi connectivity index (χ1v) is 7.14. The van der Waals surface area contributed by atoms with Gasteiger partial charge in [-0.3, -0.25) is 0 Å². The molecular formula is C15H17ClN2O2. The highest BCUT2D eigenvalue weighted by atomic mass is 35.5. The summed E-state index contributed by atoms with van der Waals surface area (Å²) in [6.45, 7) is 2.16. The maximum atomic E-state index is 9.51. The van der Waals surface area contributed by atoms with Gasteiger partial charge in [0.15, 0.2) is 0 Å². The fourth-order valence-electron chi connectivity index (χ4n) is 2.17. The van der Waals surface area contributed by atoms with Crippen LogP contribution in [-0.4, -0.2) is 14.7 Å². The quantitative estimate of drug-likeness (QED) is 0.917. The smallest absolute Gasteiger partial charge is 0.138 e. The number of benzene rings is 1. The Labute approximate surface area is 123 Å². The highest BCUT2D eigenvalue weighted by Gasteiger charge is 2.25. The molecule has 0 unspecified atom stereocenters. The van der Waals surface area contributed by atoms with E-state index in [1.54, 1.807) is 19.1 Å². The topological polar surface area (TPSA) is 47.3 Å². The lowest BCUT2D eigenvalue weighted by molar-refractivity contribution is 0.199. The van der Waals surface area contributed by atoms with Crippen LogP contribution in [-0.2, 0) is 6.61 Å². The number of halogens is 1. The molecule has 1 fully saturated rings. The number of rotatable bonds is 5. The van der Waals surface area contributed by atoms with Crippen molar-refractivity contribution in [3.8, 4) is 5.75 Å². The van der Waals surface area contributed by atoms with Gasteiger partial charge in [0.1, 0.15) is 12.4 Å². The molecule has 3 rings (SSSR count). The van der Waals surface area contributed by atoms with Crippen molar-refractivity contribution in [2.45, 2.75) is 38.5 Å².